The maximum absolute atomic E-state index is 11.8. The average Bonchev–Trinajstić information content (AvgIpc) is 2.80. The third kappa shape index (κ3) is 3.21. The number of nitrogens with zero attached hydrogens (tertiary/aromatic N) is 1. The van der Waals surface area contributed by atoms with Gasteiger partial charge >= 0.3 is 5.97 Å². The largest absolute Gasteiger partial charge is 0.478 e. The summed E-state index contributed by atoms with van der Waals surface area (Å²) in [4.78, 5) is 23.2. The Kier molecular flexibility index (Phi) is 4.58. The zero-order valence-corrected chi connectivity index (χ0v) is 12.3. The number of hydrogen-bond acceptors (Lipinski definition) is 2. The zero-order chi connectivity index (χ0) is 15.4. The van der Waals surface area contributed by atoms with E-state index < -0.39 is 5.97 Å². The molecule has 0 unspecified atom stereocenters. The second-order valence-corrected chi connectivity index (χ2v) is 5.07. The van der Waals surface area contributed by atoms with Crippen LogP contribution in [0.25, 0.3) is 0 Å². The van der Waals surface area contributed by atoms with Gasteiger partial charge in [-0.3, -0.25) is 4.79 Å². The van der Waals surface area contributed by atoms with Crippen LogP contribution in [0.1, 0.15) is 52.4 Å². The lowest BCUT2D eigenvalue weighted by atomic mass is 10.1. The van der Waals surface area contributed by atoms with Crippen molar-refractivity contribution >= 4 is 11.8 Å². The van der Waals surface area contributed by atoms with Crippen molar-refractivity contribution in [3.63, 3.8) is 0 Å². The number of carboxylic acids is 1. The van der Waals surface area contributed by atoms with Crippen molar-refractivity contribution in [3.8, 4) is 0 Å². The van der Waals surface area contributed by atoms with Crippen LogP contribution in [-0.4, -0.2) is 21.4 Å². The van der Waals surface area contributed by atoms with E-state index in [0.717, 1.165) is 17.7 Å². The lowest BCUT2D eigenvalue weighted by Gasteiger charge is -2.12. The highest BCUT2D eigenvalue weighted by atomic mass is 16.4. The molecule has 0 aliphatic heterocycles. The van der Waals surface area contributed by atoms with Gasteiger partial charge in [0.25, 0.3) is 0 Å². The van der Waals surface area contributed by atoms with E-state index in [0.29, 0.717) is 18.7 Å². The molecule has 0 bridgehead atoms. The fourth-order valence-electron chi connectivity index (χ4n) is 2.52. The summed E-state index contributed by atoms with van der Waals surface area (Å²) in [7, 11) is 0. The van der Waals surface area contributed by atoms with Crippen molar-refractivity contribution in [1.29, 1.82) is 0 Å². The second-order valence-electron chi connectivity index (χ2n) is 5.07. The Labute approximate surface area is 124 Å². The molecule has 0 fully saturated rings. The van der Waals surface area contributed by atoms with Crippen molar-refractivity contribution in [2.75, 3.05) is 0 Å². The van der Waals surface area contributed by atoms with E-state index >= 15 is 0 Å². The SMILES string of the molecule is CCCc1c(C(=O)O)cc(C(C)=O)n1Cc1ccccc1. The third-order valence-electron chi connectivity index (χ3n) is 3.47. The zero-order valence-electron chi connectivity index (χ0n) is 12.3. The Hall–Kier alpha value is -2.36. The van der Waals surface area contributed by atoms with E-state index in [9.17, 15) is 14.7 Å². The molecule has 4 nitrogen and oxygen atoms in total. The Bertz CT molecular complexity index is 656. The highest BCUT2D eigenvalue weighted by molar-refractivity contribution is 5.97. The van der Waals surface area contributed by atoms with Crippen molar-refractivity contribution in [1.82, 2.24) is 4.57 Å². The highest BCUT2D eigenvalue weighted by Gasteiger charge is 2.21. The van der Waals surface area contributed by atoms with E-state index in [1.807, 2.05) is 41.8 Å². The molecule has 0 spiro atoms. The number of carboxylic acid groups (broad SMARTS) is 1. The molecule has 0 aliphatic carbocycles. The molecule has 1 aromatic carbocycles. The first-order valence-corrected chi connectivity index (χ1v) is 7.05. The minimum absolute atomic E-state index is 0.115. The summed E-state index contributed by atoms with van der Waals surface area (Å²) in [6.45, 7) is 3.98. The summed E-state index contributed by atoms with van der Waals surface area (Å²) < 4.78 is 1.84. The number of aromatic carboxylic acids is 1. The molecular formula is C17H19NO3. The monoisotopic (exact) mass is 285 g/mol. The quantitative estimate of drug-likeness (QED) is 0.828. The van der Waals surface area contributed by atoms with Gasteiger partial charge in [-0.05, 0) is 18.1 Å². The highest BCUT2D eigenvalue weighted by Crippen LogP contribution is 2.21. The standard InChI is InChI=1S/C17H19NO3/c1-3-7-15-14(17(20)21)10-16(12(2)19)18(15)11-13-8-5-4-6-9-13/h4-6,8-10H,3,7,11H2,1-2H3,(H,20,21). The van der Waals surface area contributed by atoms with Crippen molar-refractivity contribution in [2.24, 2.45) is 0 Å². The maximum Gasteiger partial charge on any atom is 0.337 e. The van der Waals surface area contributed by atoms with Crippen LogP contribution >= 0.6 is 0 Å². The summed E-state index contributed by atoms with van der Waals surface area (Å²) >= 11 is 0. The molecule has 0 radical (unpaired) electrons. The Balaban J connectivity index is 2.54. The topological polar surface area (TPSA) is 59.3 Å². The lowest BCUT2D eigenvalue weighted by Crippen LogP contribution is -2.12. The Morgan fingerprint density at radius 2 is 1.86 bits per heavy atom. The molecule has 0 saturated carbocycles. The molecule has 21 heavy (non-hydrogen) atoms. The van der Waals surface area contributed by atoms with E-state index in [1.54, 1.807) is 0 Å². The van der Waals surface area contributed by atoms with Crippen LogP contribution in [0.4, 0.5) is 0 Å². The maximum atomic E-state index is 11.8. The normalized spacial score (nSPS) is 10.6. The van der Waals surface area contributed by atoms with Gasteiger partial charge in [-0.15, -0.1) is 0 Å². The minimum atomic E-state index is -0.979. The van der Waals surface area contributed by atoms with Crippen LogP contribution in [0, 0.1) is 0 Å². The summed E-state index contributed by atoms with van der Waals surface area (Å²) in [5.74, 6) is -1.09. The molecule has 1 heterocycles. The van der Waals surface area contributed by atoms with Gasteiger partial charge in [-0.2, -0.15) is 0 Å². The second kappa shape index (κ2) is 6.39. The smallest absolute Gasteiger partial charge is 0.337 e. The van der Waals surface area contributed by atoms with Crippen LogP contribution < -0.4 is 0 Å². The third-order valence-corrected chi connectivity index (χ3v) is 3.47. The first-order valence-electron chi connectivity index (χ1n) is 7.05. The number of benzene rings is 1. The predicted molar refractivity (Wildman–Crippen MR) is 80.9 cm³/mol. The first-order chi connectivity index (χ1) is 10.0. The molecule has 4 heteroatoms. The number of hydrogen-bond donors (Lipinski definition) is 1. The van der Waals surface area contributed by atoms with Crippen molar-refractivity contribution in [3.05, 3.63) is 58.9 Å². The van der Waals surface area contributed by atoms with Gasteiger partial charge in [0.2, 0.25) is 0 Å². The molecule has 2 aromatic rings. The van der Waals surface area contributed by atoms with Gasteiger partial charge in [-0.25, -0.2) is 4.79 Å². The van der Waals surface area contributed by atoms with Crippen LogP contribution in [0.3, 0.4) is 0 Å². The van der Waals surface area contributed by atoms with Crippen LogP contribution in [-0.2, 0) is 13.0 Å². The molecule has 1 aromatic heterocycles. The Morgan fingerprint density at radius 1 is 1.19 bits per heavy atom. The fourth-order valence-corrected chi connectivity index (χ4v) is 2.52. The molecule has 0 aliphatic rings. The summed E-state index contributed by atoms with van der Waals surface area (Å²) in [6, 6.07) is 11.2. The van der Waals surface area contributed by atoms with Crippen LogP contribution in [0.5, 0.6) is 0 Å². The number of ketones is 1. The van der Waals surface area contributed by atoms with Crippen molar-refractivity contribution < 1.29 is 14.7 Å². The van der Waals surface area contributed by atoms with Gasteiger partial charge in [0, 0.05) is 19.2 Å². The van der Waals surface area contributed by atoms with Crippen molar-refractivity contribution in [2.45, 2.75) is 33.2 Å². The number of rotatable bonds is 6. The molecule has 110 valence electrons. The van der Waals surface area contributed by atoms with Crippen LogP contribution in [0.2, 0.25) is 0 Å². The molecule has 0 amide bonds. The number of aromatic nitrogens is 1. The molecule has 2 rings (SSSR count). The van der Waals surface area contributed by atoms with E-state index in [1.165, 1.54) is 13.0 Å². The average molecular weight is 285 g/mol. The molecule has 0 atom stereocenters. The summed E-state index contributed by atoms with van der Waals surface area (Å²) in [6.07, 6.45) is 1.47. The van der Waals surface area contributed by atoms with Crippen LogP contribution in [0.15, 0.2) is 36.4 Å². The van der Waals surface area contributed by atoms with Gasteiger partial charge < -0.3 is 9.67 Å². The van der Waals surface area contributed by atoms with E-state index in [2.05, 4.69) is 0 Å². The minimum Gasteiger partial charge on any atom is -0.478 e. The van der Waals surface area contributed by atoms with Gasteiger partial charge in [0.15, 0.2) is 5.78 Å². The summed E-state index contributed by atoms with van der Waals surface area (Å²) in [5.41, 5.74) is 2.46. The first kappa shape index (κ1) is 15.0. The number of carbonyl (C=O) groups is 2. The molecule has 0 saturated heterocycles. The molecular weight excluding hydrogens is 266 g/mol. The van der Waals surface area contributed by atoms with E-state index in [-0.39, 0.29) is 11.3 Å². The molecule has 1 N–H and O–H groups in total. The van der Waals surface area contributed by atoms with Gasteiger partial charge in [0.05, 0.1) is 11.3 Å². The number of carbonyl (C=O) groups excluding carboxylic acids is 1. The van der Waals surface area contributed by atoms with Gasteiger partial charge in [-0.1, -0.05) is 43.7 Å². The fraction of sp³-hybridized carbons (Fsp3) is 0.294. The predicted octanol–water partition coefficient (Wildman–Crippen LogP) is 3.39. The number of Topliss-reactive ketones (excluding diaryl/α,β-unsaturated/α-hetero) is 1. The lowest BCUT2D eigenvalue weighted by molar-refractivity contribution is 0.0695. The Morgan fingerprint density at radius 3 is 2.38 bits per heavy atom. The van der Waals surface area contributed by atoms with Gasteiger partial charge in [0.1, 0.15) is 0 Å². The summed E-state index contributed by atoms with van der Waals surface area (Å²) in [5, 5.41) is 9.35. The van der Waals surface area contributed by atoms with E-state index in [4.69, 9.17) is 0 Å².